The van der Waals surface area contributed by atoms with E-state index in [0.717, 1.165) is 51.4 Å². The maximum Gasteiger partial charge on any atom is 0.472 e. The summed E-state index contributed by atoms with van der Waals surface area (Å²) in [5, 5.41) is 0. The van der Waals surface area contributed by atoms with Gasteiger partial charge in [-0.3, -0.25) is 18.6 Å². The zero-order valence-corrected chi connectivity index (χ0v) is 35.6. The minimum atomic E-state index is -4.36. The van der Waals surface area contributed by atoms with Crippen LogP contribution in [0.25, 0.3) is 0 Å². The molecule has 0 saturated heterocycles. The number of ether oxygens (including phenoxy) is 2. The molecular formula is C43H82NO8P. The first-order chi connectivity index (χ1) is 25.7. The van der Waals surface area contributed by atoms with Crippen molar-refractivity contribution in [3.05, 3.63) is 24.3 Å². The van der Waals surface area contributed by atoms with Crippen molar-refractivity contribution in [1.82, 2.24) is 4.90 Å². The Hall–Kier alpha value is -1.51. The van der Waals surface area contributed by atoms with Crippen molar-refractivity contribution >= 4 is 19.8 Å². The van der Waals surface area contributed by atoms with Crippen LogP contribution in [0, 0.1) is 0 Å². The average molecular weight is 772 g/mol. The zero-order chi connectivity index (χ0) is 39.1. The number of rotatable bonds is 40. The summed E-state index contributed by atoms with van der Waals surface area (Å²) >= 11 is 0. The van der Waals surface area contributed by atoms with Crippen molar-refractivity contribution in [3.8, 4) is 0 Å². The Labute approximate surface area is 326 Å². The lowest BCUT2D eigenvalue weighted by Crippen LogP contribution is -2.29. The van der Waals surface area contributed by atoms with E-state index in [0.29, 0.717) is 13.0 Å². The van der Waals surface area contributed by atoms with Crippen LogP contribution in [-0.4, -0.2) is 68.3 Å². The Morgan fingerprint density at radius 1 is 0.585 bits per heavy atom. The minimum Gasteiger partial charge on any atom is -0.462 e. The second kappa shape index (κ2) is 38.8. The quantitative estimate of drug-likeness (QED) is 0.0281. The number of carbonyl (C=O) groups excluding carboxylic acids is 2. The van der Waals surface area contributed by atoms with E-state index in [1.165, 1.54) is 109 Å². The largest absolute Gasteiger partial charge is 0.472 e. The highest BCUT2D eigenvalue weighted by Gasteiger charge is 2.26. The van der Waals surface area contributed by atoms with Gasteiger partial charge in [-0.25, -0.2) is 4.57 Å². The lowest BCUT2D eigenvalue weighted by atomic mass is 10.0. The number of phosphoric ester groups is 1. The van der Waals surface area contributed by atoms with Crippen molar-refractivity contribution in [2.24, 2.45) is 0 Å². The molecule has 53 heavy (non-hydrogen) atoms. The average Bonchev–Trinajstić information content (AvgIpc) is 3.12. The van der Waals surface area contributed by atoms with Crippen LogP contribution in [0.3, 0.4) is 0 Å². The fourth-order valence-corrected chi connectivity index (χ4v) is 6.64. The summed E-state index contributed by atoms with van der Waals surface area (Å²) in [6.45, 7) is 4.30. The molecule has 0 aromatic carbocycles. The fourth-order valence-electron chi connectivity index (χ4n) is 5.89. The van der Waals surface area contributed by atoms with Gasteiger partial charge in [-0.2, -0.15) is 0 Å². The highest BCUT2D eigenvalue weighted by molar-refractivity contribution is 7.47. The lowest BCUT2D eigenvalue weighted by Gasteiger charge is -2.20. The number of likely N-dealkylation sites (N-methyl/N-ethyl adjacent to an activating group) is 1. The van der Waals surface area contributed by atoms with Crippen LogP contribution in [0.4, 0.5) is 0 Å². The summed E-state index contributed by atoms with van der Waals surface area (Å²) in [5.74, 6) is -0.806. The van der Waals surface area contributed by atoms with Gasteiger partial charge in [0.2, 0.25) is 0 Å². The van der Waals surface area contributed by atoms with E-state index in [1.54, 1.807) is 0 Å². The molecule has 0 heterocycles. The number of hydrogen-bond acceptors (Lipinski definition) is 8. The van der Waals surface area contributed by atoms with Crippen molar-refractivity contribution in [1.29, 1.82) is 0 Å². The van der Waals surface area contributed by atoms with Crippen LogP contribution in [0.1, 0.15) is 194 Å². The van der Waals surface area contributed by atoms with Crippen LogP contribution in [0.15, 0.2) is 24.3 Å². The van der Waals surface area contributed by atoms with Gasteiger partial charge in [-0.05, 0) is 59.0 Å². The maximum atomic E-state index is 12.6. The molecule has 0 radical (unpaired) electrons. The molecule has 0 spiro atoms. The SMILES string of the molecule is CCCCC/C=C\C/C=C\CCCCCCCCCC(=O)OCC(COP(=O)(O)OCCN(C)C)OC(=O)CCCCCCCCCCCCCCC. The highest BCUT2D eigenvalue weighted by atomic mass is 31.2. The van der Waals surface area contributed by atoms with Gasteiger partial charge in [0, 0.05) is 19.4 Å². The highest BCUT2D eigenvalue weighted by Crippen LogP contribution is 2.43. The van der Waals surface area contributed by atoms with Crippen LogP contribution in [-0.2, 0) is 32.7 Å². The summed E-state index contributed by atoms with van der Waals surface area (Å²) < 4.78 is 33.4. The zero-order valence-electron chi connectivity index (χ0n) is 34.7. The molecule has 0 rings (SSSR count). The van der Waals surface area contributed by atoms with Gasteiger partial charge < -0.3 is 19.3 Å². The van der Waals surface area contributed by atoms with Gasteiger partial charge in [0.05, 0.1) is 13.2 Å². The van der Waals surface area contributed by atoms with Crippen LogP contribution in [0.2, 0.25) is 0 Å². The van der Waals surface area contributed by atoms with Gasteiger partial charge in [0.25, 0.3) is 0 Å². The molecule has 2 atom stereocenters. The number of hydrogen-bond donors (Lipinski definition) is 1. The second-order valence-corrected chi connectivity index (χ2v) is 16.3. The summed E-state index contributed by atoms with van der Waals surface area (Å²) in [7, 11) is -0.709. The first kappa shape index (κ1) is 51.5. The predicted molar refractivity (Wildman–Crippen MR) is 220 cm³/mol. The Morgan fingerprint density at radius 2 is 1.02 bits per heavy atom. The third kappa shape index (κ3) is 40.0. The molecule has 2 unspecified atom stereocenters. The number of unbranched alkanes of at least 4 members (excludes halogenated alkanes) is 22. The molecule has 0 aromatic heterocycles. The first-order valence-electron chi connectivity index (χ1n) is 21.6. The van der Waals surface area contributed by atoms with E-state index >= 15 is 0 Å². The third-order valence-electron chi connectivity index (χ3n) is 9.26. The second-order valence-electron chi connectivity index (χ2n) is 14.9. The van der Waals surface area contributed by atoms with Gasteiger partial charge >= 0.3 is 19.8 Å². The van der Waals surface area contributed by atoms with Gasteiger partial charge in [0.1, 0.15) is 6.61 Å². The van der Waals surface area contributed by atoms with E-state index in [1.807, 2.05) is 19.0 Å². The molecule has 0 saturated carbocycles. The summed E-state index contributed by atoms with van der Waals surface area (Å²) in [6.07, 6.45) is 39.3. The lowest BCUT2D eigenvalue weighted by molar-refractivity contribution is -0.161. The predicted octanol–water partition coefficient (Wildman–Crippen LogP) is 12.2. The van der Waals surface area contributed by atoms with E-state index in [4.69, 9.17) is 18.5 Å². The fraction of sp³-hybridized carbons (Fsp3) is 0.860. The van der Waals surface area contributed by atoms with Gasteiger partial charge in [0.15, 0.2) is 6.10 Å². The third-order valence-corrected chi connectivity index (χ3v) is 10.2. The molecule has 0 fully saturated rings. The molecule has 0 aliphatic rings. The molecule has 0 bridgehead atoms. The van der Waals surface area contributed by atoms with E-state index in [2.05, 4.69) is 38.2 Å². The topological polar surface area (TPSA) is 112 Å². The van der Waals surface area contributed by atoms with Crippen molar-refractivity contribution in [3.63, 3.8) is 0 Å². The van der Waals surface area contributed by atoms with Crippen LogP contribution in [0.5, 0.6) is 0 Å². The van der Waals surface area contributed by atoms with Gasteiger partial charge in [-0.15, -0.1) is 0 Å². The molecule has 10 heteroatoms. The van der Waals surface area contributed by atoms with Gasteiger partial charge in [-0.1, -0.05) is 160 Å². The number of nitrogens with zero attached hydrogens (tertiary/aromatic N) is 1. The minimum absolute atomic E-state index is 0.00791. The Balaban J connectivity index is 4.28. The normalized spacial score (nSPS) is 13.6. The van der Waals surface area contributed by atoms with Crippen molar-refractivity contribution < 1.29 is 37.6 Å². The Kier molecular flexibility index (Phi) is 37.6. The smallest absolute Gasteiger partial charge is 0.462 e. The number of carbonyl (C=O) groups is 2. The summed E-state index contributed by atoms with van der Waals surface area (Å²) in [6, 6.07) is 0. The standard InChI is InChI=1S/C43H82NO8P/c1-5-7-9-11-13-15-17-19-20-21-22-24-25-27-29-31-33-35-42(45)49-39-41(40-51-53(47,48)50-38-37-44(3)4)52-43(46)36-34-32-30-28-26-23-18-16-14-12-10-8-6-2/h13,15,19-20,41H,5-12,14,16-18,21-40H2,1-4H3,(H,47,48)/b15-13-,20-19-. The van der Waals surface area contributed by atoms with Crippen molar-refractivity contribution in [2.45, 2.75) is 200 Å². The molecule has 0 aliphatic heterocycles. The molecule has 0 amide bonds. The molecule has 312 valence electrons. The number of allylic oxidation sites excluding steroid dienone is 4. The van der Waals surface area contributed by atoms with E-state index < -0.39 is 26.5 Å². The van der Waals surface area contributed by atoms with E-state index in [9.17, 15) is 19.0 Å². The summed E-state index contributed by atoms with van der Waals surface area (Å²) in [5.41, 5.74) is 0. The molecular weight excluding hydrogens is 689 g/mol. The van der Waals surface area contributed by atoms with Crippen LogP contribution >= 0.6 is 7.82 Å². The first-order valence-corrected chi connectivity index (χ1v) is 23.1. The molecule has 0 aromatic rings. The van der Waals surface area contributed by atoms with Crippen LogP contribution < -0.4 is 0 Å². The maximum absolute atomic E-state index is 12.6. The van der Waals surface area contributed by atoms with E-state index in [-0.39, 0.29) is 32.0 Å². The Bertz CT molecular complexity index is 941. The molecule has 9 nitrogen and oxygen atoms in total. The number of phosphoric acid groups is 1. The monoisotopic (exact) mass is 772 g/mol. The number of esters is 2. The summed E-state index contributed by atoms with van der Waals surface area (Å²) in [4.78, 5) is 37.0. The Morgan fingerprint density at radius 3 is 1.53 bits per heavy atom. The van der Waals surface area contributed by atoms with Crippen molar-refractivity contribution in [2.75, 3.05) is 40.5 Å². The molecule has 1 N–H and O–H groups in total. The molecule has 0 aliphatic carbocycles.